The number of anilines is 1. The molecular formula is C13H12ClN3O2S. The lowest BCUT2D eigenvalue weighted by Gasteiger charge is -2.02. The lowest BCUT2D eigenvalue weighted by molar-refractivity contribution is 0.102. The second kappa shape index (κ2) is 5.87. The van der Waals surface area contributed by atoms with E-state index in [4.69, 9.17) is 16.3 Å². The molecule has 1 saturated heterocycles. The molecule has 0 radical (unpaired) electrons. The Labute approximate surface area is 124 Å². The maximum atomic E-state index is 12.0. The highest BCUT2D eigenvalue weighted by atomic mass is 35.5. The molecule has 20 heavy (non-hydrogen) atoms. The van der Waals surface area contributed by atoms with Crippen LogP contribution in [-0.4, -0.2) is 22.7 Å². The van der Waals surface area contributed by atoms with Crippen molar-refractivity contribution in [3.8, 4) is 0 Å². The zero-order valence-electron chi connectivity index (χ0n) is 10.5. The van der Waals surface area contributed by atoms with Gasteiger partial charge in [0.25, 0.3) is 5.91 Å². The van der Waals surface area contributed by atoms with E-state index in [0.29, 0.717) is 15.7 Å². The molecule has 1 fully saturated rings. The minimum absolute atomic E-state index is 0.0179. The van der Waals surface area contributed by atoms with Crippen LogP contribution in [0.25, 0.3) is 0 Å². The quantitative estimate of drug-likeness (QED) is 0.945. The summed E-state index contributed by atoms with van der Waals surface area (Å²) in [6.07, 6.45) is 2.01. The van der Waals surface area contributed by atoms with Crippen molar-refractivity contribution in [2.75, 3.05) is 11.9 Å². The zero-order valence-corrected chi connectivity index (χ0v) is 12.1. The van der Waals surface area contributed by atoms with E-state index in [0.717, 1.165) is 24.5 Å². The van der Waals surface area contributed by atoms with Crippen molar-refractivity contribution < 1.29 is 9.53 Å². The Morgan fingerprint density at radius 2 is 2.35 bits per heavy atom. The summed E-state index contributed by atoms with van der Waals surface area (Å²) in [5.41, 5.74) is 0.492. The predicted octanol–water partition coefficient (Wildman–Crippen LogP) is 3.30. The molecule has 104 valence electrons. The largest absolute Gasteiger partial charge is 0.371 e. The van der Waals surface area contributed by atoms with Crippen molar-refractivity contribution in [1.29, 1.82) is 0 Å². The molecule has 0 saturated carbocycles. The lowest BCUT2D eigenvalue weighted by atomic mass is 10.2. The van der Waals surface area contributed by atoms with Crippen LogP contribution in [0.4, 0.5) is 5.13 Å². The third kappa shape index (κ3) is 2.98. The minimum atomic E-state index is -0.248. The van der Waals surface area contributed by atoms with Gasteiger partial charge in [-0.25, -0.2) is 0 Å². The van der Waals surface area contributed by atoms with Gasteiger partial charge in [0.1, 0.15) is 11.1 Å². The Morgan fingerprint density at radius 3 is 3.10 bits per heavy atom. The van der Waals surface area contributed by atoms with Crippen molar-refractivity contribution in [3.05, 3.63) is 39.9 Å². The number of halogens is 1. The van der Waals surface area contributed by atoms with E-state index in [1.54, 1.807) is 24.3 Å². The summed E-state index contributed by atoms with van der Waals surface area (Å²) < 4.78 is 5.54. The maximum absolute atomic E-state index is 12.0. The highest BCUT2D eigenvalue weighted by Crippen LogP contribution is 2.32. The van der Waals surface area contributed by atoms with E-state index in [9.17, 15) is 4.79 Å². The first-order valence-corrected chi connectivity index (χ1v) is 7.44. The zero-order chi connectivity index (χ0) is 13.9. The molecule has 3 rings (SSSR count). The van der Waals surface area contributed by atoms with Crippen molar-refractivity contribution in [2.45, 2.75) is 18.9 Å². The van der Waals surface area contributed by atoms with E-state index in [1.165, 1.54) is 11.3 Å². The van der Waals surface area contributed by atoms with Gasteiger partial charge in [-0.2, -0.15) is 0 Å². The Kier molecular flexibility index (Phi) is 3.95. The van der Waals surface area contributed by atoms with Crippen LogP contribution in [0.1, 0.15) is 34.3 Å². The SMILES string of the molecule is O=C(Nc1nnc([C@H]2CCCO2)s1)c1cccc(Cl)c1. The number of carbonyl (C=O) groups excluding carboxylic acids is 1. The topological polar surface area (TPSA) is 64.1 Å². The fraction of sp³-hybridized carbons (Fsp3) is 0.308. The molecule has 1 aromatic heterocycles. The Hall–Kier alpha value is -1.50. The van der Waals surface area contributed by atoms with Crippen molar-refractivity contribution in [3.63, 3.8) is 0 Å². The van der Waals surface area contributed by atoms with E-state index in [-0.39, 0.29) is 12.0 Å². The maximum Gasteiger partial charge on any atom is 0.257 e. The molecule has 0 aliphatic carbocycles. The van der Waals surface area contributed by atoms with E-state index in [2.05, 4.69) is 15.5 Å². The number of nitrogens with one attached hydrogen (secondary N) is 1. The van der Waals surface area contributed by atoms with Gasteiger partial charge in [0, 0.05) is 17.2 Å². The number of benzene rings is 1. The number of aromatic nitrogens is 2. The van der Waals surface area contributed by atoms with Crippen molar-refractivity contribution in [1.82, 2.24) is 10.2 Å². The molecule has 2 heterocycles. The molecule has 1 atom stereocenters. The first-order chi connectivity index (χ1) is 9.72. The second-order valence-corrected chi connectivity index (χ2v) is 5.86. The standard InChI is InChI=1S/C13H12ClN3O2S/c14-9-4-1-3-8(7-9)11(18)15-13-17-16-12(20-13)10-5-2-6-19-10/h1,3-4,7,10H,2,5-6H2,(H,15,17,18)/t10-/m1/s1. The smallest absolute Gasteiger partial charge is 0.257 e. The monoisotopic (exact) mass is 309 g/mol. The predicted molar refractivity (Wildman–Crippen MR) is 77.2 cm³/mol. The summed E-state index contributed by atoms with van der Waals surface area (Å²) >= 11 is 7.21. The molecular weight excluding hydrogens is 298 g/mol. The van der Waals surface area contributed by atoms with Gasteiger partial charge in [0.05, 0.1) is 0 Å². The summed E-state index contributed by atoms with van der Waals surface area (Å²) in [6, 6.07) is 6.76. The van der Waals surface area contributed by atoms with Gasteiger partial charge in [-0.05, 0) is 31.0 Å². The Morgan fingerprint density at radius 1 is 1.45 bits per heavy atom. The van der Waals surface area contributed by atoms with Gasteiger partial charge in [-0.1, -0.05) is 29.0 Å². The Bertz CT molecular complexity index is 626. The number of amides is 1. The number of hydrogen-bond donors (Lipinski definition) is 1. The molecule has 2 aromatic rings. The first kappa shape index (κ1) is 13.5. The van der Waals surface area contributed by atoms with Crippen LogP contribution in [0.15, 0.2) is 24.3 Å². The second-order valence-electron chi connectivity index (χ2n) is 4.41. The third-order valence-corrected chi connectivity index (χ3v) is 4.12. The number of nitrogens with zero attached hydrogens (tertiary/aromatic N) is 2. The van der Waals surface area contributed by atoms with Gasteiger partial charge in [-0.3, -0.25) is 10.1 Å². The van der Waals surface area contributed by atoms with Crippen LogP contribution in [0.2, 0.25) is 5.02 Å². The molecule has 1 aliphatic heterocycles. The molecule has 5 nitrogen and oxygen atoms in total. The van der Waals surface area contributed by atoms with Crippen LogP contribution in [0.5, 0.6) is 0 Å². The van der Waals surface area contributed by atoms with E-state index >= 15 is 0 Å². The lowest BCUT2D eigenvalue weighted by Crippen LogP contribution is -2.11. The Balaban J connectivity index is 1.70. The van der Waals surface area contributed by atoms with Gasteiger partial charge < -0.3 is 4.74 Å². The fourth-order valence-corrected chi connectivity index (χ4v) is 3.00. The normalized spacial score (nSPS) is 18.1. The number of carbonyl (C=O) groups is 1. The van der Waals surface area contributed by atoms with Crippen LogP contribution in [-0.2, 0) is 4.74 Å². The first-order valence-electron chi connectivity index (χ1n) is 6.24. The average molecular weight is 310 g/mol. The summed E-state index contributed by atoms with van der Waals surface area (Å²) in [5.74, 6) is -0.248. The number of ether oxygens (including phenoxy) is 1. The van der Waals surface area contributed by atoms with Crippen molar-refractivity contribution >= 4 is 34.0 Å². The molecule has 1 aliphatic rings. The molecule has 1 amide bonds. The third-order valence-electron chi connectivity index (χ3n) is 2.95. The van der Waals surface area contributed by atoms with Crippen LogP contribution < -0.4 is 5.32 Å². The summed E-state index contributed by atoms with van der Waals surface area (Å²) in [4.78, 5) is 12.0. The van der Waals surface area contributed by atoms with E-state index in [1.807, 2.05) is 0 Å². The molecule has 0 unspecified atom stereocenters. The minimum Gasteiger partial charge on any atom is -0.371 e. The van der Waals surface area contributed by atoms with Gasteiger partial charge in [0.2, 0.25) is 5.13 Å². The molecule has 1 aromatic carbocycles. The van der Waals surface area contributed by atoms with Gasteiger partial charge >= 0.3 is 0 Å². The summed E-state index contributed by atoms with van der Waals surface area (Å²) in [7, 11) is 0. The summed E-state index contributed by atoms with van der Waals surface area (Å²) in [6.45, 7) is 0.758. The van der Waals surface area contributed by atoms with Crippen LogP contribution in [0, 0.1) is 0 Å². The molecule has 1 N–H and O–H groups in total. The highest BCUT2D eigenvalue weighted by molar-refractivity contribution is 7.15. The summed E-state index contributed by atoms with van der Waals surface area (Å²) in [5, 5.41) is 12.6. The van der Waals surface area contributed by atoms with Crippen LogP contribution in [0.3, 0.4) is 0 Å². The molecule has 0 spiro atoms. The van der Waals surface area contributed by atoms with Crippen LogP contribution >= 0.6 is 22.9 Å². The molecule has 7 heteroatoms. The number of rotatable bonds is 3. The van der Waals surface area contributed by atoms with Gasteiger partial charge in [0.15, 0.2) is 0 Å². The van der Waals surface area contributed by atoms with E-state index < -0.39 is 0 Å². The average Bonchev–Trinajstić information content (AvgIpc) is 3.08. The van der Waals surface area contributed by atoms with Crippen molar-refractivity contribution in [2.24, 2.45) is 0 Å². The fourth-order valence-electron chi connectivity index (χ4n) is 1.99. The number of hydrogen-bond acceptors (Lipinski definition) is 5. The highest BCUT2D eigenvalue weighted by Gasteiger charge is 2.22. The molecule has 0 bridgehead atoms. The van der Waals surface area contributed by atoms with Gasteiger partial charge in [-0.15, -0.1) is 10.2 Å².